The lowest BCUT2D eigenvalue weighted by Gasteiger charge is -2.06. The van der Waals surface area contributed by atoms with Crippen LogP contribution < -0.4 is 5.32 Å². The Kier molecular flexibility index (Phi) is 3.62. The van der Waals surface area contributed by atoms with E-state index in [4.69, 9.17) is 5.11 Å². The van der Waals surface area contributed by atoms with Gasteiger partial charge in [0.15, 0.2) is 0 Å². The maximum Gasteiger partial charge on any atom is 0.312 e. The minimum Gasteiger partial charge on any atom is -0.481 e. The number of carboxylic acid groups (broad SMARTS) is 1. The largest absolute Gasteiger partial charge is 0.481 e. The highest BCUT2D eigenvalue weighted by molar-refractivity contribution is 5.93. The molecule has 0 aliphatic carbocycles. The molecule has 0 saturated carbocycles. The second kappa shape index (κ2) is 5.35. The van der Waals surface area contributed by atoms with Gasteiger partial charge in [-0.1, -0.05) is 18.2 Å². The molecule has 0 unspecified atom stereocenters. The second-order valence-electron chi connectivity index (χ2n) is 3.99. The van der Waals surface area contributed by atoms with E-state index in [0.29, 0.717) is 13.1 Å². The van der Waals surface area contributed by atoms with E-state index in [1.54, 1.807) is 0 Å². The van der Waals surface area contributed by atoms with Crippen LogP contribution in [0.25, 0.3) is 10.9 Å². The Morgan fingerprint density at radius 1 is 1.22 bits per heavy atom. The fourth-order valence-corrected chi connectivity index (χ4v) is 1.85. The molecule has 0 aliphatic heterocycles. The topological polar surface area (TPSA) is 71.3 Å². The van der Waals surface area contributed by atoms with Gasteiger partial charge < -0.3 is 15.0 Å². The van der Waals surface area contributed by atoms with Crippen molar-refractivity contribution in [1.82, 2.24) is 9.88 Å². The van der Waals surface area contributed by atoms with E-state index in [0.717, 1.165) is 10.9 Å². The number of carboxylic acids is 1. The Hall–Kier alpha value is -2.30. The Balaban J connectivity index is 1.91. The van der Waals surface area contributed by atoms with Crippen molar-refractivity contribution in [3.63, 3.8) is 0 Å². The number of aromatic nitrogens is 1. The average molecular weight is 246 g/mol. The standard InChI is InChI=1S/C13H14N2O3/c16-12(9-13(17)18)14-6-8-15-7-5-10-3-1-2-4-11(10)15/h1-5,7H,6,8-9H2,(H,14,16)(H,17,18). The zero-order valence-corrected chi connectivity index (χ0v) is 9.80. The molecule has 0 bridgehead atoms. The number of rotatable bonds is 5. The van der Waals surface area contributed by atoms with Gasteiger partial charge in [0.1, 0.15) is 6.42 Å². The van der Waals surface area contributed by atoms with Gasteiger partial charge in [-0.25, -0.2) is 0 Å². The highest BCUT2D eigenvalue weighted by Gasteiger charge is 2.06. The van der Waals surface area contributed by atoms with Crippen LogP contribution in [0.2, 0.25) is 0 Å². The first-order chi connectivity index (χ1) is 8.66. The number of amides is 1. The van der Waals surface area contributed by atoms with Crippen molar-refractivity contribution in [1.29, 1.82) is 0 Å². The molecule has 0 radical (unpaired) electrons. The second-order valence-corrected chi connectivity index (χ2v) is 3.99. The van der Waals surface area contributed by atoms with E-state index < -0.39 is 18.3 Å². The molecule has 1 aromatic heterocycles. The number of hydrogen-bond donors (Lipinski definition) is 2. The lowest BCUT2D eigenvalue weighted by atomic mass is 10.2. The van der Waals surface area contributed by atoms with Gasteiger partial charge in [0.2, 0.25) is 5.91 Å². The molecule has 94 valence electrons. The zero-order valence-electron chi connectivity index (χ0n) is 9.80. The van der Waals surface area contributed by atoms with Crippen LogP contribution in [0.3, 0.4) is 0 Å². The highest BCUT2D eigenvalue weighted by atomic mass is 16.4. The molecule has 0 aliphatic rings. The Morgan fingerprint density at radius 3 is 2.78 bits per heavy atom. The van der Waals surface area contributed by atoms with Gasteiger partial charge in [-0.3, -0.25) is 9.59 Å². The molecule has 18 heavy (non-hydrogen) atoms. The summed E-state index contributed by atoms with van der Waals surface area (Å²) in [4.78, 5) is 21.5. The van der Waals surface area contributed by atoms with E-state index in [2.05, 4.69) is 5.32 Å². The maximum absolute atomic E-state index is 11.1. The van der Waals surface area contributed by atoms with Gasteiger partial charge >= 0.3 is 5.97 Å². The van der Waals surface area contributed by atoms with E-state index in [1.807, 2.05) is 41.1 Å². The predicted molar refractivity (Wildman–Crippen MR) is 67.2 cm³/mol. The summed E-state index contributed by atoms with van der Waals surface area (Å²) in [5, 5.41) is 12.2. The van der Waals surface area contributed by atoms with Crippen LogP contribution in [0, 0.1) is 0 Å². The smallest absolute Gasteiger partial charge is 0.312 e. The van der Waals surface area contributed by atoms with Crippen LogP contribution >= 0.6 is 0 Å². The van der Waals surface area contributed by atoms with Crippen molar-refractivity contribution in [2.75, 3.05) is 6.54 Å². The predicted octanol–water partition coefficient (Wildman–Crippen LogP) is 1.23. The molecule has 0 saturated heterocycles. The molecule has 2 N–H and O–H groups in total. The zero-order chi connectivity index (χ0) is 13.0. The molecule has 0 fully saturated rings. The fraction of sp³-hybridized carbons (Fsp3) is 0.231. The number of nitrogens with one attached hydrogen (secondary N) is 1. The molecular weight excluding hydrogens is 232 g/mol. The van der Waals surface area contributed by atoms with Crippen LogP contribution in [-0.4, -0.2) is 28.1 Å². The summed E-state index contributed by atoms with van der Waals surface area (Å²) < 4.78 is 2.02. The molecular formula is C13H14N2O3. The van der Waals surface area contributed by atoms with Crippen LogP contribution in [-0.2, 0) is 16.1 Å². The Labute approximate surface area is 104 Å². The quantitative estimate of drug-likeness (QED) is 0.779. The molecule has 2 rings (SSSR count). The van der Waals surface area contributed by atoms with E-state index >= 15 is 0 Å². The summed E-state index contributed by atoms with van der Waals surface area (Å²) in [6.45, 7) is 1.05. The molecule has 1 aromatic carbocycles. The van der Waals surface area contributed by atoms with E-state index in [9.17, 15) is 9.59 Å². The third-order valence-electron chi connectivity index (χ3n) is 2.67. The molecule has 1 amide bonds. The summed E-state index contributed by atoms with van der Waals surface area (Å²) in [6.07, 6.45) is 1.47. The Bertz CT molecular complexity index is 574. The lowest BCUT2D eigenvalue weighted by molar-refractivity contribution is -0.140. The number of aliphatic carboxylic acids is 1. The van der Waals surface area contributed by atoms with Crippen molar-refractivity contribution in [3.8, 4) is 0 Å². The highest BCUT2D eigenvalue weighted by Crippen LogP contribution is 2.14. The van der Waals surface area contributed by atoms with E-state index in [-0.39, 0.29) is 0 Å². The first-order valence-corrected chi connectivity index (χ1v) is 5.69. The minimum absolute atomic E-state index is 0.421. The van der Waals surface area contributed by atoms with Gasteiger partial charge in [0, 0.05) is 24.8 Å². The number of hydrogen-bond acceptors (Lipinski definition) is 2. The molecule has 0 spiro atoms. The first-order valence-electron chi connectivity index (χ1n) is 5.69. The third kappa shape index (κ3) is 2.88. The number of benzene rings is 1. The summed E-state index contributed by atoms with van der Waals surface area (Å²) >= 11 is 0. The van der Waals surface area contributed by atoms with E-state index in [1.165, 1.54) is 0 Å². The fourth-order valence-electron chi connectivity index (χ4n) is 1.85. The van der Waals surface area contributed by atoms with Gasteiger partial charge in [0.05, 0.1) is 0 Å². The summed E-state index contributed by atoms with van der Waals surface area (Å²) in [5.41, 5.74) is 1.10. The maximum atomic E-state index is 11.1. The normalized spacial score (nSPS) is 10.4. The minimum atomic E-state index is -1.11. The van der Waals surface area contributed by atoms with Gasteiger partial charge in [-0.2, -0.15) is 0 Å². The average Bonchev–Trinajstić information content (AvgIpc) is 2.72. The number of carbonyl (C=O) groups excluding carboxylic acids is 1. The summed E-state index contributed by atoms with van der Waals surface area (Å²) in [5.74, 6) is -1.57. The number of para-hydroxylation sites is 1. The third-order valence-corrected chi connectivity index (χ3v) is 2.67. The molecule has 5 nitrogen and oxygen atoms in total. The number of nitrogens with zero attached hydrogens (tertiary/aromatic N) is 1. The van der Waals surface area contributed by atoms with Crippen LogP contribution in [0.5, 0.6) is 0 Å². The number of fused-ring (bicyclic) bond motifs is 1. The summed E-state index contributed by atoms with van der Waals surface area (Å²) in [6, 6.07) is 9.97. The number of carbonyl (C=O) groups is 2. The molecule has 0 atom stereocenters. The monoisotopic (exact) mass is 246 g/mol. The van der Waals surface area contributed by atoms with Crippen molar-refractivity contribution in [3.05, 3.63) is 36.5 Å². The van der Waals surface area contributed by atoms with Crippen LogP contribution in [0.15, 0.2) is 36.5 Å². The van der Waals surface area contributed by atoms with Crippen molar-refractivity contribution in [2.45, 2.75) is 13.0 Å². The van der Waals surface area contributed by atoms with Crippen LogP contribution in [0.4, 0.5) is 0 Å². The van der Waals surface area contributed by atoms with Gasteiger partial charge in [-0.15, -0.1) is 0 Å². The molecule has 2 aromatic rings. The Morgan fingerprint density at radius 2 is 2.00 bits per heavy atom. The summed E-state index contributed by atoms with van der Waals surface area (Å²) in [7, 11) is 0. The molecule has 5 heteroatoms. The van der Waals surface area contributed by atoms with Gasteiger partial charge in [-0.05, 0) is 17.5 Å². The lowest BCUT2D eigenvalue weighted by Crippen LogP contribution is -2.28. The van der Waals surface area contributed by atoms with Crippen LogP contribution in [0.1, 0.15) is 6.42 Å². The first kappa shape index (κ1) is 12.2. The van der Waals surface area contributed by atoms with Crippen molar-refractivity contribution in [2.24, 2.45) is 0 Å². The van der Waals surface area contributed by atoms with Crippen molar-refractivity contribution >= 4 is 22.8 Å². The SMILES string of the molecule is O=C(O)CC(=O)NCCn1ccc2ccccc21. The van der Waals surface area contributed by atoms with Crippen molar-refractivity contribution < 1.29 is 14.7 Å². The molecule has 1 heterocycles. The van der Waals surface area contributed by atoms with Gasteiger partial charge in [0.25, 0.3) is 0 Å².